The first kappa shape index (κ1) is 13.7. The van der Waals surface area contributed by atoms with Gasteiger partial charge in [-0.3, -0.25) is 0 Å². The molecule has 2 aromatic rings. The van der Waals surface area contributed by atoms with Crippen LogP contribution in [0.1, 0.15) is 28.3 Å². The van der Waals surface area contributed by atoms with Crippen molar-refractivity contribution in [2.24, 2.45) is 0 Å². The molecule has 3 heteroatoms. The van der Waals surface area contributed by atoms with Crippen LogP contribution in [-0.2, 0) is 0 Å². The predicted octanol–water partition coefficient (Wildman–Crippen LogP) is 3.89. The zero-order valence-electron chi connectivity index (χ0n) is 11.3. The zero-order valence-corrected chi connectivity index (χ0v) is 11.3. The molecule has 0 aliphatic rings. The van der Waals surface area contributed by atoms with Crippen molar-refractivity contribution in [2.45, 2.75) is 19.9 Å². The smallest absolute Gasteiger partial charge is 0.131 e. The zero-order chi connectivity index (χ0) is 14.0. The number of aryl methyl sites for hydroxylation is 2. The first-order valence-electron chi connectivity index (χ1n) is 6.23. The van der Waals surface area contributed by atoms with Gasteiger partial charge in [0.25, 0.3) is 0 Å². The van der Waals surface area contributed by atoms with Crippen LogP contribution in [0.15, 0.2) is 36.4 Å². The van der Waals surface area contributed by atoms with Gasteiger partial charge in [0.2, 0.25) is 0 Å². The molecule has 1 unspecified atom stereocenters. The van der Waals surface area contributed by atoms with Crippen LogP contribution in [0.5, 0.6) is 0 Å². The maximum atomic E-state index is 13.9. The molecule has 0 bridgehead atoms. The molecule has 1 N–H and O–H groups in total. The summed E-state index contributed by atoms with van der Waals surface area (Å²) < 4.78 is 27.7. The largest absolute Gasteiger partial charge is 0.309 e. The predicted molar refractivity (Wildman–Crippen MR) is 73.2 cm³/mol. The summed E-state index contributed by atoms with van der Waals surface area (Å²) in [4.78, 5) is 0. The molecule has 2 aromatic carbocycles. The molecule has 100 valence electrons. The Morgan fingerprint density at radius 2 is 1.58 bits per heavy atom. The van der Waals surface area contributed by atoms with Gasteiger partial charge in [-0.05, 0) is 49.7 Å². The minimum absolute atomic E-state index is 0.0632. The quantitative estimate of drug-likeness (QED) is 0.883. The third-order valence-electron chi connectivity index (χ3n) is 3.44. The van der Waals surface area contributed by atoms with Crippen LogP contribution in [0.25, 0.3) is 0 Å². The van der Waals surface area contributed by atoms with Crippen molar-refractivity contribution in [1.29, 1.82) is 0 Å². The van der Waals surface area contributed by atoms with E-state index in [4.69, 9.17) is 0 Å². The summed E-state index contributed by atoms with van der Waals surface area (Å²) >= 11 is 0. The number of hydrogen-bond acceptors (Lipinski definition) is 1. The molecular weight excluding hydrogens is 244 g/mol. The third kappa shape index (κ3) is 2.66. The molecule has 0 spiro atoms. The van der Waals surface area contributed by atoms with Crippen molar-refractivity contribution < 1.29 is 8.78 Å². The van der Waals surface area contributed by atoms with Crippen LogP contribution < -0.4 is 5.32 Å². The summed E-state index contributed by atoms with van der Waals surface area (Å²) in [7, 11) is 1.70. The van der Waals surface area contributed by atoms with Crippen LogP contribution in [0, 0.1) is 25.5 Å². The second-order valence-corrected chi connectivity index (χ2v) is 4.70. The van der Waals surface area contributed by atoms with Crippen molar-refractivity contribution in [2.75, 3.05) is 7.05 Å². The van der Waals surface area contributed by atoms with E-state index in [0.29, 0.717) is 0 Å². The average Bonchev–Trinajstić information content (AvgIpc) is 2.37. The van der Waals surface area contributed by atoms with Gasteiger partial charge in [-0.15, -0.1) is 0 Å². The van der Waals surface area contributed by atoms with E-state index in [9.17, 15) is 8.78 Å². The molecule has 1 nitrogen and oxygen atoms in total. The molecule has 0 aliphatic heterocycles. The summed E-state index contributed by atoms with van der Waals surface area (Å²) in [5, 5.41) is 2.98. The second kappa shape index (κ2) is 5.49. The summed E-state index contributed by atoms with van der Waals surface area (Å²) in [6.07, 6.45) is 0. The van der Waals surface area contributed by atoms with Crippen LogP contribution >= 0.6 is 0 Å². The standard InChI is InChI=1S/C16H17F2N/c1-10-7-8-12(9-11(10)2)16(19-3)15-13(17)5-4-6-14(15)18/h4-9,16,19H,1-3H3. The third-order valence-corrected chi connectivity index (χ3v) is 3.44. The van der Waals surface area contributed by atoms with E-state index in [1.54, 1.807) is 7.05 Å². The van der Waals surface area contributed by atoms with E-state index < -0.39 is 17.7 Å². The van der Waals surface area contributed by atoms with Crippen molar-refractivity contribution in [3.05, 3.63) is 70.3 Å². The van der Waals surface area contributed by atoms with E-state index >= 15 is 0 Å². The van der Waals surface area contributed by atoms with Crippen LogP contribution in [0.3, 0.4) is 0 Å². The van der Waals surface area contributed by atoms with Gasteiger partial charge in [0, 0.05) is 5.56 Å². The topological polar surface area (TPSA) is 12.0 Å². The first-order valence-corrected chi connectivity index (χ1v) is 6.23. The summed E-state index contributed by atoms with van der Waals surface area (Å²) in [6, 6.07) is 9.28. The number of halogens is 2. The molecule has 2 rings (SSSR count). The minimum atomic E-state index is -0.530. The lowest BCUT2D eigenvalue weighted by Gasteiger charge is -2.19. The molecule has 0 fully saturated rings. The Labute approximate surface area is 112 Å². The molecule has 0 saturated heterocycles. The maximum absolute atomic E-state index is 13.9. The highest BCUT2D eigenvalue weighted by Gasteiger charge is 2.20. The van der Waals surface area contributed by atoms with Gasteiger partial charge >= 0.3 is 0 Å². The number of rotatable bonds is 3. The molecule has 0 aliphatic carbocycles. The Morgan fingerprint density at radius 1 is 0.947 bits per heavy atom. The summed E-state index contributed by atoms with van der Waals surface area (Å²) in [6.45, 7) is 4.00. The first-order chi connectivity index (χ1) is 9.04. The van der Waals surface area contributed by atoms with Crippen LogP contribution in [0.4, 0.5) is 8.78 Å². The molecule has 0 heterocycles. The maximum Gasteiger partial charge on any atom is 0.131 e. The second-order valence-electron chi connectivity index (χ2n) is 4.70. The Balaban J connectivity index is 2.53. The Morgan fingerprint density at radius 3 is 2.11 bits per heavy atom. The minimum Gasteiger partial charge on any atom is -0.309 e. The lowest BCUT2D eigenvalue weighted by Crippen LogP contribution is -2.20. The summed E-state index contributed by atoms with van der Waals surface area (Å²) in [5.74, 6) is -1.06. The molecule has 0 saturated carbocycles. The van der Waals surface area contributed by atoms with E-state index in [1.165, 1.54) is 18.2 Å². The van der Waals surface area contributed by atoms with Crippen molar-refractivity contribution in [1.82, 2.24) is 5.32 Å². The van der Waals surface area contributed by atoms with Gasteiger partial charge in [0.1, 0.15) is 11.6 Å². The van der Waals surface area contributed by atoms with Gasteiger partial charge in [-0.1, -0.05) is 24.3 Å². The van der Waals surface area contributed by atoms with Gasteiger partial charge in [-0.2, -0.15) is 0 Å². The van der Waals surface area contributed by atoms with E-state index in [-0.39, 0.29) is 5.56 Å². The van der Waals surface area contributed by atoms with E-state index in [2.05, 4.69) is 5.32 Å². The average molecular weight is 261 g/mol. The van der Waals surface area contributed by atoms with Gasteiger partial charge < -0.3 is 5.32 Å². The highest BCUT2D eigenvalue weighted by Crippen LogP contribution is 2.27. The fourth-order valence-electron chi connectivity index (χ4n) is 2.21. The lowest BCUT2D eigenvalue weighted by atomic mass is 9.95. The lowest BCUT2D eigenvalue weighted by molar-refractivity contribution is 0.522. The fraction of sp³-hybridized carbons (Fsp3) is 0.250. The monoisotopic (exact) mass is 261 g/mol. The molecule has 0 radical (unpaired) electrons. The number of hydrogen-bond donors (Lipinski definition) is 1. The van der Waals surface area contributed by atoms with Crippen LogP contribution in [-0.4, -0.2) is 7.05 Å². The molecule has 0 aromatic heterocycles. The summed E-state index contributed by atoms with van der Waals surface area (Å²) in [5.41, 5.74) is 3.19. The Hall–Kier alpha value is -1.74. The Bertz CT molecular complexity index is 573. The highest BCUT2D eigenvalue weighted by molar-refractivity contribution is 5.38. The van der Waals surface area contributed by atoms with Gasteiger partial charge in [-0.25, -0.2) is 8.78 Å². The highest BCUT2D eigenvalue weighted by atomic mass is 19.1. The number of benzene rings is 2. The Kier molecular flexibility index (Phi) is 3.96. The van der Waals surface area contributed by atoms with Crippen LogP contribution in [0.2, 0.25) is 0 Å². The number of nitrogens with one attached hydrogen (secondary N) is 1. The molecular formula is C16H17F2N. The normalized spacial score (nSPS) is 12.5. The van der Waals surface area contributed by atoms with Gasteiger partial charge in [0.05, 0.1) is 6.04 Å². The van der Waals surface area contributed by atoms with E-state index in [1.807, 2.05) is 32.0 Å². The van der Waals surface area contributed by atoms with Crippen molar-refractivity contribution in [3.63, 3.8) is 0 Å². The molecule has 19 heavy (non-hydrogen) atoms. The van der Waals surface area contributed by atoms with E-state index in [0.717, 1.165) is 16.7 Å². The SMILES string of the molecule is CNC(c1ccc(C)c(C)c1)c1c(F)cccc1F. The molecule has 1 atom stereocenters. The molecule has 0 amide bonds. The fourth-order valence-corrected chi connectivity index (χ4v) is 2.21. The van der Waals surface area contributed by atoms with Crippen molar-refractivity contribution >= 4 is 0 Å². The van der Waals surface area contributed by atoms with Crippen molar-refractivity contribution in [3.8, 4) is 0 Å². The van der Waals surface area contributed by atoms with Gasteiger partial charge in [0.15, 0.2) is 0 Å².